The quantitative estimate of drug-likeness (QED) is 0.305. The minimum absolute atomic E-state index is 0.195. The number of carbonyl (C=O) groups is 1. The van der Waals surface area contributed by atoms with Crippen LogP contribution in [0.25, 0.3) is 10.9 Å². The molecule has 0 unspecified atom stereocenters. The molecular formula is C23H17Br2N3O3. The topological polar surface area (TPSA) is 95.1 Å². The molecule has 3 N–H and O–H groups in total. The summed E-state index contributed by atoms with van der Waals surface area (Å²) in [7, 11) is 0. The predicted molar refractivity (Wildman–Crippen MR) is 128 cm³/mol. The maximum absolute atomic E-state index is 12.6. The molecule has 0 saturated heterocycles. The van der Waals surface area contributed by atoms with E-state index in [2.05, 4.69) is 47.1 Å². The van der Waals surface area contributed by atoms with Gasteiger partial charge in [-0.2, -0.15) is 0 Å². The van der Waals surface area contributed by atoms with Crippen LogP contribution in [-0.2, 0) is 13.0 Å². The summed E-state index contributed by atoms with van der Waals surface area (Å²) < 4.78 is 1.61. The molecule has 1 aromatic heterocycles. The van der Waals surface area contributed by atoms with Gasteiger partial charge in [0.15, 0.2) is 0 Å². The van der Waals surface area contributed by atoms with E-state index in [1.807, 2.05) is 30.3 Å². The lowest BCUT2D eigenvalue weighted by atomic mass is 10.0. The van der Waals surface area contributed by atoms with Crippen LogP contribution in [0.15, 0.2) is 74.4 Å². The van der Waals surface area contributed by atoms with Crippen LogP contribution >= 0.6 is 31.9 Å². The number of nitrogens with one attached hydrogen (secondary N) is 2. The van der Waals surface area contributed by atoms with E-state index < -0.39 is 5.97 Å². The number of nitrogens with zero attached hydrogens (tertiary/aromatic N) is 1. The van der Waals surface area contributed by atoms with Crippen molar-refractivity contribution in [2.75, 3.05) is 5.32 Å². The number of carboxylic acid groups (broad SMARTS) is 1. The van der Waals surface area contributed by atoms with E-state index in [-0.39, 0.29) is 11.1 Å². The first-order chi connectivity index (χ1) is 14.9. The Morgan fingerprint density at radius 1 is 1.00 bits per heavy atom. The minimum Gasteiger partial charge on any atom is -0.478 e. The fourth-order valence-electron chi connectivity index (χ4n) is 3.36. The number of carboxylic acids is 1. The van der Waals surface area contributed by atoms with Crippen molar-refractivity contribution in [2.24, 2.45) is 0 Å². The molecule has 156 valence electrons. The van der Waals surface area contributed by atoms with Gasteiger partial charge in [-0.15, -0.1) is 0 Å². The van der Waals surface area contributed by atoms with E-state index in [9.17, 15) is 14.7 Å². The van der Waals surface area contributed by atoms with Crippen LogP contribution in [0.5, 0.6) is 0 Å². The maximum Gasteiger partial charge on any atom is 0.337 e. The normalized spacial score (nSPS) is 10.9. The van der Waals surface area contributed by atoms with Crippen molar-refractivity contribution in [3.8, 4) is 0 Å². The van der Waals surface area contributed by atoms with Gasteiger partial charge in [0.25, 0.3) is 5.56 Å². The Hall–Kier alpha value is -2.97. The van der Waals surface area contributed by atoms with E-state index >= 15 is 0 Å². The van der Waals surface area contributed by atoms with Gasteiger partial charge in [-0.3, -0.25) is 4.79 Å². The van der Waals surface area contributed by atoms with Gasteiger partial charge < -0.3 is 15.4 Å². The van der Waals surface area contributed by atoms with Crippen LogP contribution in [0, 0.1) is 0 Å². The Morgan fingerprint density at radius 3 is 2.45 bits per heavy atom. The molecule has 0 aliphatic rings. The number of benzene rings is 3. The van der Waals surface area contributed by atoms with E-state index in [4.69, 9.17) is 0 Å². The monoisotopic (exact) mass is 541 g/mol. The van der Waals surface area contributed by atoms with Crippen molar-refractivity contribution in [2.45, 2.75) is 13.0 Å². The van der Waals surface area contributed by atoms with Gasteiger partial charge in [-0.25, -0.2) is 9.78 Å². The number of hydrogen-bond donors (Lipinski definition) is 3. The highest BCUT2D eigenvalue weighted by Crippen LogP contribution is 2.26. The molecule has 4 rings (SSSR count). The van der Waals surface area contributed by atoms with Gasteiger partial charge in [0, 0.05) is 27.6 Å². The van der Waals surface area contributed by atoms with Gasteiger partial charge in [0.05, 0.1) is 16.5 Å². The molecular weight excluding hydrogens is 526 g/mol. The second kappa shape index (κ2) is 9.03. The molecule has 8 heteroatoms. The third-order valence-corrected chi connectivity index (χ3v) is 6.74. The first-order valence-electron chi connectivity index (χ1n) is 9.43. The van der Waals surface area contributed by atoms with E-state index in [1.54, 1.807) is 30.3 Å². The molecule has 0 aliphatic heterocycles. The predicted octanol–water partition coefficient (Wildman–Crippen LogP) is 5.35. The molecule has 0 aliphatic carbocycles. The van der Waals surface area contributed by atoms with Gasteiger partial charge in [0.2, 0.25) is 0 Å². The standard InChI is InChI=1S/C23H17Br2N3O3/c24-17-10-16-20(11-18(17)25)27-21(28-22(16)29)9-13-5-1-2-6-14(13)12-26-19-8-4-3-7-15(19)23(30)31/h1-8,10-11,26H,9,12H2,(H,30,31)(H,27,28,29). The van der Waals surface area contributed by atoms with Gasteiger partial charge in [0.1, 0.15) is 5.82 Å². The number of H-pyrrole nitrogens is 1. The number of hydrogen-bond acceptors (Lipinski definition) is 4. The molecule has 0 bridgehead atoms. The molecule has 0 amide bonds. The lowest BCUT2D eigenvalue weighted by Gasteiger charge is -2.13. The molecule has 0 spiro atoms. The van der Waals surface area contributed by atoms with Crippen molar-refractivity contribution in [1.29, 1.82) is 0 Å². The Balaban J connectivity index is 1.62. The molecule has 31 heavy (non-hydrogen) atoms. The van der Waals surface area contributed by atoms with Crippen LogP contribution in [0.2, 0.25) is 0 Å². The van der Waals surface area contributed by atoms with Gasteiger partial charge in [-0.1, -0.05) is 36.4 Å². The molecule has 0 saturated carbocycles. The largest absolute Gasteiger partial charge is 0.478 e. The second-order valence-electron chi connectivity index (χ2n) is 6.95. The lowest BCUT2D eigenvalue weighted by Crippen LogP contribution is -2.13. The molecule has 1 heterocycles. The number of halogens is 2. The van der Waals surface area contributed by atoms with E-state index in [1.165, 1.54) is 0 Å². The van der Waals surface area contributed by atoms with Crippen molar-refractivity contribution in [1.82, 2.24) is 9.97 Å². The average molecular weight is 543 g/mol. The Bertz CT molecular complexity index is 1350. The van der Waals surface area contributed by atoms with Crippen molar-refractivity contribution in [3.63, 3.8) is 0 Å². The Morgan fingerprint density at radius 2 is 1.68 bits per heavy atom. The van der Waals surface area contributed by atoms with Crippen LogP contribution in [0.3, 0.4) is 0 Å². The van der Waals surface area contributed by atoms with E-state index in [0.717, 1.165) is 20.1 Å². The summed E-state index contributed by atoms with van der Waals surface area (Å²) in [6, 6.07) is 18.1. The summed E-state index contributed by atoms with van der Waals surface area (Å²) in [6.07, 6.45) is 0.442. The number of rotatable bonds is 6. The first kappa shape index (κ1) is 21.3. The number of aromatic carboxylic acids is 1. The molecule has 0 radical (unpaired) electrons. The summed E-state index contributed by atoms with van der Waals surface area (Å²) in [4.78, 5) is 31.5. The summed E-state index contributed by atoms with van der Waals surface area (Å²) in [5.41, 5.74) is 3.16. The summed E-state index contributed by atoms with van der Waals surface area (Å²) >= 11 is 6.87. The molecule has 0 atom stereocenters. The zero-order valence-electron chi connectivity index (χ0n) is 16.2. The highest BCUT2D eigenvalue weighted by Gasteiger charge is 2.12. The van der Waals surface area contributed by atoms with Crippen LogP contribution in [0.4, 0.5) is 5.69 Å². The summed E-state index contributed by atoms with van der Waals surface area (Å²) in [5, 5.41) is 13.1. The lowest BCUT2D eigenvalue weighted by molar-refractivity contribution is 0.0698. The number of aromatic amines is 1. The number of para-hydroxylation sites is 1. The maximum atomic E-state index is 12.6. The van der Waals surface area contributed by atoms with Gasteiger partial charge >= 0.3 is 5.97 Å². The van der Waals surface area contributed by atoms with E-state index in [0.29, 0.717) is 35.4 Å². The molecule has 0 fully saturated rings. The molecule has 6 nitrogen and oxygen atoms in total. The summed E-state index contributed by atoms with van der Waals surface area (Å²) in [5.74, 6) is -0.419. The number of aromatic nitrogens is 2. The minimum atomic E-state index is -0.980. The Kier molecular flexibility index (Phi) is 6.20. The highest BCUT2D eigenvalue weighted by atomic mass is 79.9. The van der Waals surface area contributed by atoms with Crippen LogP contribution in [0.1, 0.15) is 27.3 Å². The number of anilines is 1. The second-order valence-corrected chi connectivity index (χ2v) is 8.65. The zero-order chi connectivity index (χ0) is 22.0. The smallest absolute Gasteiger partial charge is 0.337 e. The fraction of sp³-hybridized carbons (Fsp3) is 0.0870. The highest BCUT2D eigenvalue weighted by molar-refractivity contribution is 9.13. The molecule has 3 aromatic carbocycles. The van der Waals surface area contributed by atoms with Crippen molar-refractivity contribution < 1.29 is 9.90 Å². The summed E-state index contributed by atoms with van der Waals surface area (Å²) in [6.45, 7) is 0.441. The zero-order valence-corrected chi connectivity index (χ0v) is 19.3. The molecule has 4 aromatic rings. The average Bonchev–Trinajstić information content (AvgIpc) is 2.75. The Labute approximate surface area is 194 Å². The SMILES string of the molecule is O=C(O)c1ccccc1NCc1ccccc1Cc1nc2cc(Br)c(Br)cc2c(=O)[nH]1. The van der Waals surface area contributed by atoms with Gasteiger partial charge in [-0.05, 0) is 67.3 Å². The van der Waals surface area contributed by atoms with Crippen LogP contribution < -0.4 is 10.9 Å². The third kappa shape index (κ3) is 4.70. The third-order valence-electron chi connectivity index (χ3n) is 4.90. The fourth-order valence-corrected chi connectivity index (χ4v) is 4.04. The number of fused-ring (bicyclic) bond motifs is 1. The van der Waals surface area contributed by atoms with Crippen molar-refractivity contribution >= 4 is 54.4 Å². The first-order valence-corrected chi connectivity index (χ1v) is 11.0. The van der Waals surface area contributed by atoms with Crippen LogP contribution in [-0.4, -0.2) is 21.0 Å². The van der Waals surface area contributed by atoms with Crippen molar-refractivity contribution in [3.05, 3.63) is 102 Å².